The number of hydrogen-bond donors (Lipinski definition) is 3. The summed E-state index contributed by atoms with van der Waals surface area (Å²) in [5, 5.41) is 15.1. The molecule has 1 aliphatic rings. The van der Waals surface area contributed by atoms with E-state index in [9.17, 15) is 9.59 Å². The fourth-order valence-corrected chi connectivity index (χ4v) is 2.02. The predicted molar refractivity (Wildman–Crippen MR) is 71.3 cm³/mol. The topological polar surface area (TPSA) is 81.7 Å². The maximum atomic E-state index is 11.9. The van der Waals surface area contributed by atoms with Crippen LogP contribution in [-0.2, 0) is 4.79 Å². The van der Waals surface area contributed by atoms with Gasteiger partial charge < -0.3 is 20.6 Å². The van der Waals surface area contributed by atoms with E-state index >= 15 is 0 Å². The van der Waals surface area contributed by atoms with Gasteiger partial charge in [-0.05, 0) is 12.1 Å². The highest BCUT2D eigenvalue weighted by atomic mass is 16.4. The van der Waals surface area contributed by atoms with Gasteiger partial charge in [0, 0.05) is 31.9 Å². The molecular formula is C13H17N3O3. The number of piperazine rings is 1. The molecule has 0 aromatic heterocycles. The monoisotopic (exact) mass is 263 g/mol. The van der Waals surface area contributed by atoms with Crippen LogP contribution in [0.15, 0.2) is 24.3 Å². The third-order valence-electron chi connectivity index (χ3n) is 3.06. The van der Waals surface area contributed by atoms with Crippen LogP contribution in [-0.4, -0.2) is 54.6 Å². The zero-order valence-electron chi connectivity index (χ0n) is 10.6. The number of nitrogens with one attached hydrogen (secondary N) is 2. The molecule has 0 radical (unpaired) electrons. The van der Waals surface area contributed by atoms with Crippen molar-refractivity contribution in [3.63, 3.8) is 0 Å². The molecule has 2 rings (SSSR count). The molecule has 6 heteroatoms. The number of benzene rings is 1. The van der Waals surface area contributed by atoms with Gasteiger partial charge in [0.15, 0.2) is 0 Å². The summed E-state index contributed by atoms with van der Waals surface area (Å²) in [6.07, 6.45) is 0. The van der Waals surface area contributed by atoms with Crippen molar-refractivity contribution in [1.82, 2.24) is 10.2 Å². The largest absolute Gasteiger partial charge is 0.478 e. The van der Waals surface area contributed by atoms with Gasteiger partial charge >= 0.3 is 5.97 Å². The third kappa shape index (κ3) is 3.45. The lowest BCUT2D eigenvalue weighted by molar-refractivity contribution is -0.129. The molecule has 102 valence electrons. The van der Waals surface area contributed by atoms with Gasteiger partial charge in [-0.25, -0.2) is 4.79 Å². The number of carboxylic acid groups (broad SMARTS) is 1. The molecule has 1 aromatic rings. The highest BCUT2D eigenvalue weighted by Gasteiger charge is 2.16. The highest BCUT2D eigenvalue weighted by molar-refractivity contribution is 5.95. The molecule has 1 saturated heterocycles. The minimum atomic E-state index is -1.00. The van der Waals surface area contributed by atoms with Crippen molar-refractivity contribution < 1.29 is 14.7 Å². The third-order valence-corrected chi connectivity index (χ3v) is 3.06. The number of anilines is 1. The van der Waals surface area contributed by atoms with Crippen LogP contribution < -0.4 is 10.6 Å². The van der Waals surface area contributed by atoms with Crippen molar-refractivity contribution in [2.45, 2.75) is 0 Å². The highest BCUT2D eigenvalue weighted by Crippen LogP contribution is 2.14. The summed E-state index contributed by atoms with van der Waals surface area (Å²) in [6.45, 7) is 3.11. The number of amides is 1. The molecule has 6 nitrogen and oxygen atoms in total. The summed E-state index contributed by atoms with van der Waals surface area (Å²) >= 11 is 0. The second kappa shape index (κ2) is 6.19. The molecule has 0 atom stereocenters. The van der Waals surface area contributed by atoms with E-state index in [2.05, 4.69) is 10.6 Å². The van der Waals surface area contributed by atoms with Gasteiger partial charge in [0.05, 0.1) is 12.1 Å². The maximum Gasteiger partial charge on any atom is 0.337 e. The van der Waals surface area contributed by atoms with E-state index in [1.807, 2.05) is 0 Å². The van der Waals surface area contributed by atoms with Crippen LogP contribution in [0.3, 0.4) is 0 Å². The average molecular weight is 263 g/mol. The smallest absolute Gasteiger partial charge is 0.337 e. The molecule has 1 amide bonds. The molecule has 1 fully saturated rings. The van der Waals surface area contributed by atoms with Gasteiger partial charge in [0.25, 0.3) is 0 Å². The summed E-state index contributed by atoms with van der Waals surface area (Å²) < 4.78 is 0. The summed E-state index contributed by atoms with van der Waals surface area (Å²) in [5.41, 5.74) is 0.647. The Bertz CT molecular complexity index is 470. The number of rotatable bonds is 4. The van der Waals surface area contributed by atoms with Crippen LogP contribution in [0.5, 0.6) is 0 Å². The first-order valence-corrected chi connectivity index (χ1v) is 6.23. The van der Waals surface area contributed by atoms with E-state index in [1.165, 1.54) is 6.07 Å². The first-order chi connectivity index (χ1) is 9.18. The van der Waals surface area contributed by atoms with Crippen LogP contribution in [0, 0.1) is 0 Å². The standard InChI is InChI=1S/C13H17N3O3/c17-12(16-7-5-14-6-8-16)9-15-11-4-2-1-3-10(11)13(18)19/h1-4,14-15H,5-9H2,(H,18,19). The Kier molecular flexibility index (Phi) is 4.35. The Hall–Kier alpha value is -2.08. The van der Waals surface area contributed by atoms with Crippen molar-refractivity contribution >= 4 is 17.6 Å². The summed E-state index contributed by atoms with van der Waals surface area (Å²) in [6, 6.07) is 6.57. The van der Waals surface area contributed by atoms with E-state index in [-0.39, 0.29) is 18.0 Å². The fourth-order valence-electron chi connectivity index (χ4n) is 2.02. The number of carboxylic acids is 1. The van der Waals surface area contributed by atoms with Crippen molar-refractivity contribution in [2.24, 2.45) is 0 Å². The number of carbonyl (C=O) groups is 2. The molecule has 3 N–H and O–H groups in total. The van der Waals surface area contributed by atoms with Crippen molar-refractivity contribution in [3.8, 4) is 0 Å². The molecule has 0 aliphatic carbocycles. The van der Waals surface area contributed by atoms with Crippen LogP contribution in [0.1, 0.15) is 10.4 Å². The number of carbonyl (C=O) groups excluding carboxylic acids is 1. The zero-order valence-corrected chi connectivity index (χ0v) is 10.6. The van der Waals surface area contributed by atoms with Crippen molar-refractivity contribution in [3.05, 3.63) is 29.8 Å². The maximum absolute atomic E-state index is 11.9. The Morgan fingerprint density at radius 3 is 2.63 bits per heavy atom. The van der Waals surface area contributed by atoms with Gasteiger partial charge in [0.1, 0.15) is 0 Å². The molecule has 1 aromatic carbocycles. The summed E-state index contributed by atoms with van der Waals surface area (Å²) in [5.74, 6) is -1.01. The lowest BCUT2D eigenvalue weighted by Gasteiger charge is -2.27. The Balaban J connectivity index is 1.94. The van der Waals surface area contributed by atoms with Gasteiger partial charge in [-0.3, -0.25) is 4.79 Å². The molecule has 1 heterocycles. The Labute approximate surface area is 111 Å². The number of aromatic carboxylic acids is 1. The second-order valence-corrected chi connectivity index (χ2v) is 4.34. The molecular weight excluding hydrogens is 246 g/mol. The summed E-state index contributed by atoms with van der Waals surface area (Å²) in [7, 11) is 0. The van der Waals surface area contributed by atoms with E-state index in [1.54, 1.807) is 23.1 Å². The van der Waals surface area contributed by atoms with Crippen LogP contribution >= 0.6 is 0 Å². The minimum Gasteiger partial charge on any atom is -0.478 e. The number of para-hydroxylation sites is 1. The molecule has 0 spiro atoms. The molecule has 1 aliphatic heterocycles. The first-order valence-electron chi connectivity index (χ1n) is 6.23. The SMILES string of the molecule is O=C(O)c1ccccc1NCC(=O)N1CCNCC1. The van der Waals surface area contributed by atoms with Crippen molar-refractivity contribution in [2.75, 3.05) is 38.0 Å². The predicted octanol–water partition coefficient (Wildman–Crippen LogP) is 0.228. The van der Waals surface area contributed by atoms with E-state index in [4.69, 9.17) is 5.11 Å². The lowest BCUT2D eigenvalue weighted by atomic mass is 10.2. The van der Waals surface area contributed by atoms with Gasteiger partial charge in [-0.15, -0.1) is 0 Å². The van der Waals surface area contributed by atoms with Gasteiger partial charge in [0.2, 0.25) is 5.91 Å². The van der Waals surface area contributed by atoms with Crippen LogP contribution in [0.4, 0.5) is 5.69 Å². The van der Waals surface area contributed by atoms with E-state index in [0.29, 0.717) is 18.8 Å². The zero-order chi connectivity index (χ0) is 13.7. The van der Waals surface area contributed by atoms with E-state index < -0.39 is 5.97 Å². The average Bonchev–Trinajstić information content (AvgIpc) is 2.46. The molecule has 19 heavy (non-hydrogen) atoms. The summed E-state index contributed by atoms with van der Waals surface area (Å²) in [4.78, 5) is 24.7. The molecule has 0 bridgehead atoms. The molecule has 0 unspecified atom stereocenters. The quantitative estimate of drug-likeness (QED) is 0.724. The van der Waals surface area contributed by atoms with E-state index in [0.717, 1.165) is 13.1 Å². The van der Waals surface area contributed by atoms with Gasteiger partial charge in [-0.1, -0.05) is 12.1 Å². The number of nitrogens with zero attached hydrogens (tertiary/aromatic N) is 1. The fraction of sp³-hybridized carbons (Fsp3) is 0.385. The van der Waals surface area contributed by atoms with Crippen LogP contribution in [0.25, 0.3) is 0 Å². The number of hydrogen-bond acceptors (Lipinski definition) is 4. The Morgan fingerprint density at radius 2 is 1.95 bits per heavy atom. The van der Waals surface area contributed by atoms with Crippen molar-refractivity contribution in [1.29, 1.82) is 0 Å². The molecule has 0 saturated carbocycles. The first kappa shape index (κ1) is 13.4. The minimum absolute atomic E-state index is 0.0123. The van der Waals surface area contributed by atoms with Crippen LogP contribution in [0.2, 0.25) is 0 Å². The normalized spacial score (nSPS) is 15.1. The van der Waals surface area contributed by atoms with Gasteiger partial charge in [-0.2, -0.15) is 0 Å². The lowest BCUT2D eigenvalue weighted by Crippen LogP contribution is -2.48. The second-order valence-electron chi connectivity index (χ2n) is 4.34. The Morgan fingerprint density at radius 1 is 1.26 bits per heavy atom.